The quantitative estimate of drug-likeness (QED) is 0.445. The van der Waals surface area contributed by atoms with Crippen LogP contribution in [0.2, 0.25) is 5.15 Å². The highest BCUT2D eigenvalue weighted by Crippen LogP contribution is 2.20. The van der Waals surface area contributed by atoms with Crippen LogP contribution in [0.1, 0.15) is 22.3 Å². The van der Waals surface area contributed by atoms with Crippen LogP contribution in [0.15, 0.2) is 49.2 Å². The molecule has 3 rings (SSSR count). The third kappa shape index (κ3) is 6.05. The van der Waals surface area contributed by atoms with Crippen LogP contribution >= 0.6 is 11.6 Å². The topological polar surface area (TPSA) is 75.3 Å². The number of carbonyl (C=O) groups is 1. The lowest BCUT2D eigenvalue weighted by Gasteiger charge is -2.13. The smallest absolute Gasteiger partial charge is 0.255 e. The second-order valence-corrected chi connectivity index (χ2v) is 7.17. The van der Waals surface area contributed by atoms with E-state index in [0.29, 0.717) is 41.2 Å². The number of aromatic nitrogens is 1. The fourth-order valence-corrected chi connectivity index (χ4v) is 3.21. The Morgan fingerprint density at radius 3 is 3.00 bits per heavy atom. The molecule has 6 nitrogen and oxygen atoms in total. The van der Waals surface area contributed by atoms with Gasteiger partial charge in [0, 0.05) is 12.1 Å². The van der Waals surface area contributed by atoms with Crippen LogP contribution in [-0.4, -0.2) is 37.1 Å². The average Bonchev–Trinajstić information content (AvgIpc) is 3.21. The molecule has 1 aromatic heterocycles. The van der Waals surface area contributed by atoms with E-state index in [4.69, 9.17) is 16.3 Å². The third-order valence-corrected chi connectivity index (χ3v) is 4.73. The third-order valence-electron chi connectivity index (χ3n) is 4.51. The Morgan fingerprint density at radius 1 is 1.39 bits per heavy atom. The molecule has 1 fully saturated rings. The number of carbonyl (C=O) groups excluding carboxylic acids is 1. The molecule has 0 bridgehead atoms. The zero-order chi connectivity index (χ0) is 19.8. The van der Waals surface area contributed by atoms with Gasteiger partial charge in [-0.1, -0.05) is 24.3 Å². The Labute approximate surface area is 170 Å². The van der Waals surface area contributed by atoms with Crippen LogP contribution in [0.3, 0.4) is 0 Å². The molecule has 1 saturated heterocycles. The van der Waals surface area contributed by atoms with Crippen molar-refractivity contribution in [3.8, 4) is 5.75 Å². The van der Waals surface area contributed by atoms with Gasteiger partial charge in [-0.3, -0.25) is 4.79 Å². The highest BCUT2D eigenvalue weighted by molar-refractivity contribution is 6.29. The summed E-state index contributed by atoms with van der Waals surface area (Å²) in [5, 5.41) is 10.1. The Balaban J connectivity index is 1.69. The predicted octanol–water partition coefficient (Wildman–Crippen LogP) is 3.25. The van der Waals surface area contributed by atoms with Gasteiger partial charge >= 0.3 is 0 Å². The van der Waals surface area contributed by atoms with Gasteiger partial charge in [0.15, 0.2) is 0 Å². The first kappa shape index (κ1) is 20.3. The van der Waals surface area contributed by atoms with Gasteiger partial charge < -0.3 is 20.7 Å². The second kappa shape index (κ2) is 10.2. The molecule has 3 N–H and O–H groups in total. The first-order chi connectivity index (χ1) is 13.6. The van der Waals surface area contributed by atoms with Crippen LogP contribution in [0.4, 0.5) is 5.69 Å². The van der Waals surface area contributed by atoms with Crippen molar-refractivity contribution in [3.05, 3.63) is 65.5 Å². The molecule has 0 spiro atoms. The van der Waals surface area contributed by atoms with Gasteiger partial charge in [-0.05, 0) is 67.9 Å². The molecule has 1 aliphatic heterocycles. The maximum Gasteiger partial charge on any atom is 0.255 e. The van der Waals surface area contributed by atoms with E-state index in [1.807, 2.05) is 12.1 Å². The summed E-state index contributed by atoms with van der Waals surface area (Å²) in [6.45, 7) is 7.81. The molecule has 0 saturated carbocycles. The molecule has 1 aromatic carbocycles. The largest absolute Gasteiger partial charge is 0.490 e. The zero-order valence-electron chi connectivity index (χ0n) is 15.7. The molecule has 1 unspecified atom stereocenters. The summed E-state index contributed by atoms with van der Waals surface area (Å²) >= 11 is 5.79. The van der Waals surface area contributed by atoms with Gasteiger partial charge in [-0.2, -0.15) is 0 Å². The molecular formula is C21H25ClN4O2. The van der Waals surface area contributed by atoms with E-state index in [9.17, 15) is 4.79 Å². The van der Waals surface area contributed by atoms with Crippen LogP contribution in [0.25, 0.3) is 0 Å². The Morgan fingerprint density at radius 2 is 2.29 bits per heavy atom. The van der Waals surface area contributed by atoms with Crippen molar-refractivity contribution in [1.82, 2.24) is 15.6 Å². The number of nitrogens with one attached hydrogen (secondary N) is 3. The number of benzene rings is 1. The van der Waals surface area contributed by atoms with E-state index in [2.05, 4.69) is 27.5 Å². The van der Waals surface area contributed by atoms with E-state index in [0.717, 1.165) is 25.2 Å². The van der Waals surface area contributed by atoms with E-state index in [-0.39, 0.29) is 5.91 Å². The molecule has 1 atom stereocenters. The summed E-state index contributed by atoms with van der Waals surface area (Å²) in [7, 11) is 0. The van der Waals surface area contributed by atoms with Crippen molar-refractivity contribution in [2.75, 3.05) is 31.6 Å². The van der Waals surface area contributed by atoms with Gasteiger partial charge in [-0.15, -0.1) is 0 Å². The summed E-state index contributed by atoms with van der Waals surface area (Å²) < 4.78 is 5.67. The van der Waals surface area contributed by atoms with E-state index in [1.54, 1.807) is 24.3 Å². The molecule has 0 aliphatic carbocycles. The maximum absolute atomic E-state index is 12.7. The number of hydrogen-bond acceptors (Lipinski definition) is 5. The van der Waals surface area contributed by atoms with Crippen LogP contribution in [0.5, 0.6) is 5.75 Å². The molecule has 7 heteroatoms. The Bertz CT molecular complexity index is 805. The molecule has 1 aliphatic rings. The minimum absolute atomic E-state index is 0.227. The highest BCUT2D eigenvalue weighted by Gasteiger charge is 2.14. The monoisotopic (exact) mass is 400 g/mol. The average molecular weight is 401 g/mol. The Kier molecular flexibility index (Phi) is 7.42. The number of hydrogen-bond donors (Lipinski definition) is 3. The lowest BCUT2D eigenvalue weighted by atomic mass is 10.1. The van der Waals surface area contributed by atoms with Crippen molar-refractivity contribution in [3.63, 3.8) is 0 Å². The molecule has 0 radical (unpaired) electrons. The van der Waals surface area contributed by atoms with Gasteiger partial charge in [0.2, 0.25) is 0 Å². The van der Waals surface area contributed by atoms with E-state index in [1.165, 1.54) is 12.6 Å². The predicted molar refractivity (Wildman–Crippen MR) is 112 cm³/mol. The number of pyridine rings is 1. The first-order valence-electron chi connectivity index (χ1n) is 9.36. The normalized spacial score (nSPS) is 16.0. The van der Waals surface area contributed by atoms with Crippen molar-refractivity contribution >= 4 is 23.2 Å². The minimum Gasteiger partial charge on any atom is -0.490 e. The molecule has 1 amide bonds. The number of amides is 1. The number of rotatable bonds is 9. The lowest BCUT2D eigenvalue weighted by Crippen LogP contribution is -2.24. The summed E-state index contributed by atoms with van der Waals surface area (Å²) in [6, 6.07) is 8.90. The Hall–Kier alpha value is -2.41. The fourth-order valence-electron chi connectivity index (χ4n) is 3.09. The van der Waals surface area contributed by atoms with Crippen LogP contribution in [0, 0.1) is 5.92 Å². The zero-order valence-corrected chi connectivity index (χ0v) is 16.5. The SMILES string of the molecule is C=CCOc1cc(CNCC2CCNC2)cc(C(=O)Nc2ccc(Cl)nc2)c1. The van der Waals surface area contributed by atoms with E-state index >= 15 is 0 Å². The molecule has 2 heterocycles. The van der Waals surface area contributed by atoms with Crippen molar-refractivity contribution < 1.29 is 9.53 Å². The summed E-state index contributed by atoms with van der Waals surface area (Å²) in [6.07, 6.45) is 4.39. The van der Waals surface area contributed by atoms with Gasteiger partial charge in [0.05, 0.1) is 11.9 Å². The number of ether oxygens (including phenoxy) is 1. The van der Waals surface area contributed by atoms with Crippen molar-refractivity contribution in [2.24, 2.45) is 5.92 Å². The maximum atomic E-state index is 12.7. The van der Waals surface area contributed by atoms with Crippen molar-refractivity contribution in [1.29, 1.82) is 0 Å². The summed E-state index contributed by atoms with van der Waals surface area (Å²) in [5.41, 5.74) is 2.10. The fraction of sp³-hybridized carbons (Fsp3) is 0.333. The highest BCUT2D eigenvalue weighted by atomic mass is 35.5. The van der Waals surface area contributed by atoms with Gasteiger partial charge in [0.1, 0.15) is 17.5 Å². The second-order valence-electron chi connectivity index (χ2n) is 6.78. The van der Waals surface area contributed by atoms with Crippen LogP contribution < -0.4 is 20.7 Å². The van der Waals surface area contributed by atoms with E-state index < -0.39 is 0 Å². The first-order valence-corrected chi connectivity index (χ1v) is 9.74. The molecule has 2 aromatic rings. The molecular weight excluding hydrogens is 376 g/mol. The number of halogens is 1. The minimum atomic E-state index is -0.227. The molecule has 148 valence electrons. The number of nitrogens with zero attached hydrogens (tertiary/aromatic N) is 1. The number of anilines is 1. The standard InChI is InChI=1S/C21H25ClN4O2/c1-2-7-28-19-9-16(13-24-12-15-5-6-23-11-15)8-17(10-19)21(27)26-18-3-4-20(22)25-14-18/h2-4,8-10,14-15,23-24H,1,5-7,11-13H2,(H,26,27). The molecule has 28 heavy (non-hydrogen) atoms. The summed E-state index contributed by atoms with van der Waals surface area (Å²) in [4.78, 5) is 16.7. The van der Waals surface area contributed by atoms with Crippen LogP contribution in [-0.2, 0) is 6.54 Å². The van der Waals surface area contributed by atoms with Gasteiger partial charge in [-0.25, -0.2) is 4.98 Å². The van der Waals surface area contributed by atoms with Crippen molar-refractivity contribution in [2.45, 2.75) is 13.0 Å². The van der Waals surface area contributed by atoms with Gasteiger partial charge in [0.25, 0.3) is 5.91 Å². The lowest BCUT2D eigenvalue weighted by molar-refractivity contribution is 0.102. The summed E-state index contributed by atoms with van der Waals surface area (Å²) in [5.74, 6) is 1.07.